The van der Waals surface area contributed by atoms with Gasteiger partial charge < -0.3 is 53.5 Å². The van der Waals surface area contributed by atoms with Crippen molar-refractivity contribution >= 4 is 66.1 Å². The fourth-order valence-electron chi connectivity index (χ4n) is 5.19. The van der Waals surface area contributed by atoms with Crippen molar-refractivity contribution in [3.63, 3.8) is 0 Å². The number of imidazole rings is 1. The van der Waals surface area contributed by atoms with Crippen LogP contribution in [0.15, 0.2) is 12.5 Å². The molecule has 1 aliphatic heterocycles. The Balaban J connectivity index is 2.30. The Morgan fingerprint density at radius 2 is 1.68 bits per heavy atom. The fraction of sp³-hybridized carbons (Fsp3) is 0.586. The SMILES string of the molecule is CC=[NH+][C@@H](CS)C(=O)N[C@@H](Cc1cnc[nH]1)C(=O)N1CCC[C@H]1C(=O)N[C@@H](CCC(N)=O)C(=O)N[C@@H](CC(N)=O)C(=O)N[C@H](C(N)=O)[C@@H](C)O. The van der Waals surface area contributed by atoms with Gasteiger partial charge in [0.25, 0.3) is 5.91 Å². The lowest BCUT2D eigenvalue weighted by atomic mass is 10.1. The molecule has 0 unspecified atom stereocenters. The van der Waals surface area contributed by atoms with Crippen LogP contribution in [0.4, 0.5) is 0 Å². The Morgan fingerprint density at radius 3 is 2.22 bits per heavy atom. The molecule has 1 saturated heterocycles. The molecule has 2 heterocycles. The number of aliphatic hydroxyl groups is 1. The van der Waals surface area contributed by atoms with Crippen molar-refractivity contribution in [3.05, 3.63) is 18.2 Å². The van der Waals surface area contributed by atoms with E-state index in [0.29, 0.717) is 12.1 Å². The lowest BCUT2D eigenvalue weighted by Gasteiger charge is -2.30. The number of primary amides is 3. The van der Waals surface area contributed by atoms with Crippen LogP contribution in [0.5, 0.6) is 0 Å². The van der Waals surface area contributed by atoms with Crippen molar-refractivity contribution in [2.45, 2.75) is 94.7 Å². The average Bonchev–Trinajstić information content (AvgIpc) is 3.75. The van der Waals surface area contributed by atoms with Crippen LogP contribution in [-0.2, 0) is 44.8 Å². The molecule has 0 spiro atoms. The summed E-state index contributed by atoms with van der Waals surface area (Å²) in [6.45, 7) is 3.01. The lowest BCUT2D eigenvalue weighted by Crippen LogP contribution is -2.81. The molecule has 8 amide bonds. The van der Waals surface area contributed by atoms with Gasteiger partial charge in [-0.05, 0) is 26.2 Å². The maximum atomic E-state index is 13.9. The minimum atomic E-state index is -1.68. The number of aromatic amines is 1. The molecular weight excluding hydrogens is 678 g/mol. The van der Waals surface area contributed by atoms with Crippen molar-refractivity contribution in [1.82, 2.24) is 36.1 Å². The van der Waals surface area contributed by atoms with E-state index in [2.05, 4.69) is 48.9 Å². The third-order valence-corrected chi connectivity index (χ3v) is 8.10. The number of nitrogens with zero attached hydrogens (tertiary/aromatic N) is 2. The molecule has 20 nitrogen and oxygen atoms in total. The molecule has 0 aliphatic carbocycles. The molecule has 2 rings (SSSR count). The van der Waals surface area contributed by atoms with Crippen LogP contribution in [0.1, 0.15) is 51.6 Å². The number of aliphatic hydroxyl groups excluding tert-OH is 1. The zero-order valence-electron chi connectivity index (χ0n) is 27.7. The predicted octanol–water partition coefficient (Wildman–Crippen LogP) is -6.64. The summed E-state index contributed by atoms with van der Waals surface area (Å²) >= 11 is 4.19. The highest BCUT2D eigenvalue weighted by atomic mass is 32.1. The summed E-state index contributed by atoms with van der Waals surface area (Å²) in [6, 6.07) is -7.71. The second kappa shape index (κ2) is 19.8. The molecule has 7 atom stereocenters. The number of thiol groups is 1. The Labute approximate surface area is 292 Å². The van der Waals surface area contributed by atoms with Crippen LogP contribution < -0.4 is 43.5 Å². The van der Waals surface area contributed by atoms with Gasteiger partial charge in [-0.2, -0.15) is 12.6 Å². The zero-order chi connectivity index (χ0) is 37.5. The van der Waals surface area contributed by atoms with E-state index in [4.69, 9.17) is 17.2 Å². The zero-order valence-corrected chi connectivity index (χ0v) is 28.6. The van der Waals surface area contributed by atoms with Crippen LogP contribution in [0.2, 0.25) is 0 Å². The van der Waals surface area contributed by atoms with Gasteiger partial charge in [0.05, 0.1) is 24.6 Å². The van der Waals surface area contributed by atoms with E-state index in [1.54, 1.807) is 13.1 Å². The Hall–Kier alpha value is -5.05. The van der Waals surface area contributed by atoms with Crippen LogP contribution in [-0.4, -0.2) is 128 Å². The highest BCUT2D eigenvalue weighted by molar-refractivity contribution is 7.80. The van der Waals surface area contributed by atoms with Crippen LogP contribution in [0.25, 0.3) is 0 Å². The molecule has 21 heteroatoms. The number of hydrogen-bond acceptors (Lipinski definition) is 11. The standard InChI is InChI=1S/C29H45N11O9S/c1-3-34-19(12-50)27(47)38-18(9-15-11-33-13-35-15)29(49)40-8-4-5-20(40)28(48)36-16(6-7-21(30)42)25(45)37-17(10-22(31)43)26(46)39-23(14(2)41)24(32)44/h3,11,13-14,16-20,23,41,50H,4-10,12H2,1-2H3,(H2,30,42)(H2,31,43)(H2,32,44)(H,33,35)(H,36,48)(H,37,45)(H,38,47)(H,39,46)/p+1/t14-,16+,17+,18+,19+,20+,23+/m1/s1. The van der Waals surface area contributed by atoms with E-state index in [9.17, 15) is 43.5 Å². The molecule has 1 aromatic heterocycles. The summed E-state index contributed by atoms with van der Waals surface area (Å²) in [7, 11) is 0. The number of amides is 8. The number of nitrogens with one attached hydrogen (secondary N) is 6. The third kappa shape index (κ3) is 12.4. The summed E-state index contributed by atoms with van der Waals surface area (Å²) in [4.78, 5) is 113. The first-order chi connectivity index (χ1) is 23.6. The second-order valence-corrected chi connectivity index (χ2v) is 12.0. The van der Waals surface area contributed by atoms with Crippen molar-refractivity contribution in [2.75, 3.05) is 12.3 Å². The molecule has 0 radical (unpaired) electrons. The first-order valence-corrected chi connectivity index (χ1v) is 16.4. The lowest BCUT2D eigenvalue weighted by molar-refractivity contribution is -0.476. The molecule has 50 heavy (non-hydrogen) atoms. The predicted molar refractivity (Wildman–Crippen MR) is 178 cm³/mol. The summed E-state index contributed by atoms with van der Waals surface area (Å²) in [5.41, 5.74) is 16.3. The van der Waals surface area contributed by atoms with E-state index in [1.165, 1.54) is 24.3 Å². The Morgan fingerprint density at radius 1 is 1.02 bits per heavy atom. The molecule has 1 aromatic rings. The minimum absolute atomic E-state index is 0.0170. The summed E-state index contributed by atoms with van der Waals surface area (Å²) < 4.78 is 0. The number of rotatable bonds is 20. The number of hydrogen-bond donors (Lipinski definition) is 11. The van der Waals surface area contributed by atoms with Crippen LogP contribution >= 0.6 is 12.6 Å². The van der Waals surface area contributed by atoms with Gasteiger partial charge in [0.1, 0.15) is 36.4 Å². The smallest absolute Gasteiger partial charge is 0.290 e. The molecule has 1 fully saturated rings. The first-order valence-electron chi connectivity index (χ1n) is 15.8. The summed E-state index contributed by atoms with van der Waals surface area (Å²) in [6.07, 6.45) is 2.20. The van der Waals surface area contributed by atoms with Gasteiger partial charge in [0.2, 0.25) is 47.4 Å². The second-order valence-electron chi connectivity index (χ2n) is 11.6. The topological polar surface area (TPSA) is 329 Å². The monoisotopic (exact) mass is 724 g/mol. The van der Waals surface area contributed by atoms with Gasteiger partial charge in [-0.3, -0.25) is 38.4 Å². The van der Waals surface area contributed by atoms with Crippen molar-refractivity contribution in [1.29, 1.82) is 0 Å². The normalized spacial score (nSPS) is 17.8. The maximum absolute atomic E-state index is 13.9. The van der Waals surface area contributed by atoms with Crippen molar-refractivity contribution < 1.29 is 48.5 Å². The van der Waals surface area contributed by atoms with Gasteiger partial charge in [-0.1, -0.05) is 0 Å². The van der Waals surface area contributed by atoms with E-state index >= 15 is 0 Å². The average molecular weight is 725 g/mol. The quantitative estimate of drug-likeness (QED) is 0.0446. The Kier molecular flexibility index (Phi) is 16.3. The van der Waals surface area contributed by atoms with Crippen molar-refractivity contribution in [2.24, 2.45) is 17.2 Å². The first kappa shape index (κ1) is 41.1. The number of aromatic nitrogens is 2. The third-order valence-electron chi connectivity index (χ3n) is 7.74. The van der Waals surface area contributed by atoms with Gasteiger partial charge >= 0.3 is 0 Å². The van der Waals surface area contributed by atoms with Crippen molar-refractivity contribution in [3.8, 4) is 0 Å². The van der Waals surface area contributed by atoms with Gasteiger partial charge in [-0.15, -0.1) is 0 Å². The number of carbonyl (C=O) groups is 8. The van der Waals surface area contributed by atoms with E-state index in [1.807, 2.05) is 0 Å². The molecule has 276 valence electrons. The molecule has 1 aliphatic rings. The van der Waals surface area contributed by atoms with E-state index in [0.717, 1.165) is 0 Å². The minimum Gasteiger partial charge on any atom is -0.391 e. The number of carbonyl (C=O) groups excluding carboxylic acids is 8. The molecular formula is C29H46N11O9S+. The molecule has 13 N–H and O–H groups in total. The Bertz CT molecular complexity index is 1420. The largest absolute Gasteiger partial charge is 0.391 e. The fourth-order valence-corrected chi connectivity index (χ4v) is 5.46. The molecule has 0 saturated carbocycles. The van der Waals surface area contributed by atoms with Gasteiger partial charge in [-0.25, -0.2) is 9.98 Å². The van der Waals surface area contributed by atoms with Crippen LogP contribution in [0, 0.1) is 0 Å². The number of H-pyrrole nitrogens is 1. The number of nitrogens with two attached hydrogens (primary N) is 3. The highest BCUT2D eigenvalue weighted by Crippen LogP contribution is 2.20. The molecule has 0 bridgehead atoms. The summed E-state index contributed by atoms with van der Waals surface area (Å²) in [5, 5.41) is 19.4. The number of likely N-dealkylation sites (tertiary alicyclic amines) is 1. The van der Waals surface area contributed by atoms with Gasteiger partial charge in [0, 0.05) is 38.2 Å². The summed E-state index contributed by atoms with van der Waals surface area (Å²) in [5.74, 6) is -6.78. The van der Waals surface area contributed by atoms with E-state index in [-0.39, 0.29) is 38.0 Å². The van der Waals surface area contributed by atoms with Gasteiger partial charge in [0.15, 0.2) is 0 Å². The van der Waals surface area contributed by atoms with E-state index < -0.39 is 96.0 Å². The highest BCUT2D eigenvalue weighted by Gasteiger charge is 2.40. The maximum Gasteiger partial charge on any atom is 0.290 e. The molecule has 0 aromatic carbocycles. The van der Waals surface area contributed by atoms with Crippen LogP contribution in [0.3, 0.4) is 0 Å².